The molecule has 23 heavy (non-hydrogen) atoms. The molecule has 0 aliphatic carbocycles. The van der Waals surface area contributed by atoms with E-state index in [-0.39, 0.29) is 0 Å². The van der Waals surface area contributed by atoms with Crippen LogP contribution >= 0.6 is 27.5 Å². The van der Waals surface area contributed by atoms with E-state index in [1.54, 1.807) is 7.11 Å². The summed E-state index contributed by atoms with van der Waals surface area (Å²) >= 11 is 9.93. The van der Waals surface area contributed by atoms with E-state index in [9.17, 15) is 0 Å². The number of hydrogen-bond donors (Lipinski definition) is 0. The number of benzene rings is 2. The van der Waals surface area contributed by atoms with Crippen LogP contribution in [0.5, 0.6) is 11.5 Å². The summed E-state index contributed by atoms with van der Waals surface area (Å²) in [6.07, 6.45) is 7.46. The monoisotopic (exact) mass is 398 g/mol. The van der Waals surface area contributed by atoms with E-state index in [0.717, 1.165) is 40.6 Å². The van der Waals surface area contributed by atoms with Crippen molar-refractivity contribution in [2.45, 2.75) is 38.5 Å². The molecule has 0 fully saturated rings. The maximum absolute atomic E-state index is 6.46. The SMILES string of the molecule is COc1ccc2c(Cl)c(OCCCCCCCCBr)ccc2c1. The topological polar surface area (TPSA) is 18.5 Å². The molecule has 0 bridgehead atoms. The lowest BCUT2D eigenvalue weighted by Crippen LogP contribution is -1.98. The van der Waals surface area contributed by atoms with Gasteiger partial charge in [-0.15, -0.1) is 0 Å². The summed E-state index contributed by atoms with van der Waals surface area (Å²) < 4.78 is 11.1. The first-order valence-corrected chi connectivity index (χ1v) is 9.71. The molecule has 0 amide bonds. The molecule has 0 heterocycles. The molecule has 0 N–H and O–H groups in total. The first kappa shape index (κ1) is 18.4. The van der Waals surface area contributed by atoms with Gasteiger partial charge in [-0.1, -0.05) is 59.3 Å². The smallest absolute Gasteiger partial charge is 0.138 e. The highest BCUT2D eigenvalue weighted by atomic mass is 79.9. The Morgan fingerprint density at radius 1 is 0.957 bits per heavy atom. The summed E-state index contributed by atoms with van der Waals surface area (Å²) in [6.45, 7) is 0.722. The maximum Gasteiger partial charge on any atom is 0.138 e. The van der Waals surface area contributed by atoms with Gasteiger partial charge in [-0.05, 0) is 42.5 Å². The molecule has 0 aliphatic rings. The molecular formula is C19H24BrClO2. The lowest BCUT2D eigenvalue weighted by atomic mass is 10.1. The molecule has 0 aromatic heterocycles. The minimum Gasteiger partial charge on any atom is -0.497 e. The van der Waals surface area contributed by atoms with E-state index in [2.05, 4.69) is 15.9 Å². The number of unbranched alkanes of at least 4 members (excludes halogenated alkanes) is 5. The van der Waals surface area contributed by atoms with E-state index in [4.69, 9.17) is 21.1 Å². The zero-order valence-corrected chi connectivity index (χ0v) is 16.0. The highest BCUT2D eigenvalue weighted by Crippen LogP contribution is 2.34. The van der Waals surface area contributed by atoms with Crippen molar-refractivity contribution in [1.29, 1.82) is 0 Å². The molecule has 4 heteroatoms. The van der Waals surface area contributed by atoms with Crippen LogP contribution in [0.1, 0.15) is 38.5 Å². The summed E-state index contributed by atoms with van der Waals surface area (Å²) in [6, 6.07) is 9.86. The van der Waals surface area contributed by atoms with Crippen molar-refractivity contribution in [3.63, 3.8) is 0 Å². The van der Waals surface area contributed by atoms with Gasteiger partial charge in [-0.3, -0.25) is 0 Å². The van der Waals surface area contributed by atoms with E-state index in [1.165, 1.54) is 32.1 Å². The fraction of sp³-hybridized carbons (Fsp3) is 0.474. The van der Waals surface area contributed by atoms with Crippen molar-refractivity contribution in [2.24, 2.45) is 0 Å². The zero-order chi connectivity index (χ0) is 16.5. The average Bonchev–Trinajstić information content (AvgIpc) is 2.58. The number of rotatable bonds is 10. The third-order valence-corrected chi connectivity index (χ3v) is 4.86. The molecular weight excluding hydrogens is 376 g/mol. The Morgan fingerprint density at radius 2 is 1.70 bits per heavy atom. The van der Waals surface area contributed by atoms with Gasteiger partial charge in [-0.2, -0.15) is 0 Å². The van der Waals surface area contributed by atoms with Crippen LogP contribution in [0, 0.1) is 0 Å². The Balaban J connectivity index is 1.83. The Morgan fingerprint density at radius 3 is 2.43 bits per heavy atom. The number of ether oxygens (including phenoxy) is 2. The Hall–Kier alpha value is -0.930. The third-order valence-electron chi connectivity index (χ3n) is 3.91. The van der Waals surface area contributed by atoms with E-state index in [0.29, 0.717) is 5.02 Å². The van der Waals surface area contributed by atoms with Gasteiger partial charge in [0.25, 0.3) is 0 Å². The highest BCUT2D eigenvalue weighted by Gasteiger charge is 2.07. The van der Waals surface area contributed by atoms with Gasteiger partial charge in [0.2, 0.25) is 0 Å². The lowest BCUT2D eigenvalue weighted by molar-refractivity contribution is 0.305. The standard InChI is InChI=1S/C19H24BrClO2/c1-22-16-9-10-17-15(14-16)8-11-18(19(17)21)23-13-7-5-3-2-4-6-12-20/h8-11,14H,2-7,12-13H2,1H3. The van der Waals surface area contributed by atoms with E-state index >= 15 is 0 Å². The molecule has 2 rings (SSSR count). The zero-order valence-electron chi connectivity index (χ0n) is 13.6. The molecule has 0 saturated carbocycles. The highest BCUT2D eigenvalue weighted by molar-refractivity contribution is 9.09. The maximum atomic E-state index is 6.46. The molecule has 0 radical (unpaired) electrons. The second kappa shape index (κ2) is 10.0. The van der Waals surface area contributed by atoms with Gasteiger partial charge in [-0.25, -0.2) is 0 Å². The molecule has 0 aliphatic heterocycles. The fourth-order valence-corrected chi connectivity index (χ4v) is 3.26. The number of alkyl halides is 1. The van der Waals surface area contributed by atoms with Crippen LogP contribution in [-0.2, 0) is 0 Å². The van der Waals surface area contributed by atoms with Crippen LogP contribution in [0.4, 0.5) is 0 Å². The van der Waals surface area contributed by atoms with Gasteiger partial charge >= 0.3 is 0 Å². The Kier molecular flexibility index (Phi) is 8.04. The second-order valence-corrected chi connectivity index (χ2v) is 6.79. The first-order valence-electron chi connectivity index (χ1n) is 8.21. The predicted molar refractivity (Wildman–Crippen MR) is 103 cm³/mol. The fourth-order valence-electron chi connectivity index (χ4n) is 2.57. The molecule has 2 aromatic rings. The Labute approximate surface area is 152 Å². The second-order valence-electron chi connectivity index (χ2n) is 5.62. The van der Waals surface area contributed by atoms with Crippen molar-refractivity contribution in [2.75, 3.05) is 19.0 Å². The molecule has 0 saturated heterocycles. The summed E-state index contributed by atoms with van der Waals surface area (Å²) in [4.78, 5) is 0. The normalized spacial score (nSPS) is 10.9. The molecule has 2 nitrogen and oxygen atoms in total. The van der Waals surface area contributed by atoms with Crippen LogP contribution in [0.3, 0.4) is 0 Å². The summed E-state index contributed by atoms with van der Waals surface area (Å²) in [5.74, 6) is 1.60. The predicted octanol–water partition coefficient (Wildman–Crippen LogP) is 6.62. The number of methoxy groups -OCH3 is 1. The molecule has 0 atom stereocenters. The van der Waals surface area contributed by atoms with Gasteiger partial charge in [0.15, 0.2) is 0 Å². The minimum absolute atomic E-state index is 0.683. The lowest BCUT2D eigenvalue weighted by Gasteiger charge is -2.11. The van der Waals surface area contributed by atoms with Crippen molar-refractivity contribution < 1.29 is 9.47 Å². The number of hydrogen-bond acceptors (Lipinski definition) is 2. The van der Waals surface area contributed by atoms with Crippen LogP contribution in [-0.4, -0.2) is 19.0 Å². The third kappa shape index (κ3) is 5.58. The summed E-state index contributed by atoms with van der Waals surface area (Å²) in [5.41, 5.74) is 0. The van der Waals surface area contributed by atoms with Crippen LogP contribution in [0.25, 0.3) is 10.8 Å². The average molecular weight is 400 g/mol. The van der Waals surface area contributed by atoms with E-state index < -0.39 is 0 Å². The van der Waals surface area contributed by atoms with Gasteiger partial charge < -0.3 is 9.47 Å². The van der Waals surface area contributed by atoms with Crippen LogP contribution in [0.15, 0.2) is 30.3 Å². The molecule has 0 spiro atoms. The first-order chi connectivity index (χ1) is 11.3. The van der Waals surface area contributed by atoms with Crippen LogP contribution in [0.2, 0.25) is 5.02 Å². The van der Waals surface area contributed by atoms with Crippen molar-refractivity contribution >= 4 is 38.3 Å². The Bertz CT molecular complexity index is 616. The molecule has 0 unspecified atom stereocenters. The van der Waals surface area contributed by atoms with Crippen molar-refractivity contribution in [1.82, 2.24) is 0 Å². The number of fused-ring (bicyclic) bond motifs is 1. The minimum atomic E-state index is 0.683. The van der Waals surface area contributed by atoms with Gasteiger partial charge in [0.05, 0.1) is 18.7 Å². The van der Waals surface area contributed by atoms with E-state index in [1.807, 2.05) is 30.3 Å². The quantitative estimate of drug-likeness (QED) is 0.330. The van der Waals surface area contributed by atoms with Crippen molar-refractivity contribution in [3.8, 4) is 11.5 Å². The van der Waals surface area contributed by atoms with Crippen molar-refractivity contribution in [3.05, 3.63) is 35.4 Å². The molecule has 2 aromatic carbocycles. The largest absolute Gasteiger partial charge is 0.497 e. The van der Waals surface area contributed by atoms with Crippen LogP contribution < -0.4 is 9.47 Å². The summed E-state index contributed by atoms with van der Waals surface area (Å²) in [5, 5.41) is 3.86. The number of halogens is 2. The molecule has 126 valence electrons. The van der Waals surface area contributed by atoms with Gasteiger partial charge in [0, 0.05) is 10.7 Å². The van der Waals surface area contributed by atoms with Gasteiger partial charge in [0.1, 0.15) is 11.5 Å². The summed E-state index contributed by atoms with van der Waals surface area (Å²) in [7, 11) is 1.67.